The van der Waals surface area contributed by atoms with E-state index in [1.165, 1.54) is 30.7 Å². The van der Waals surface area contributed by atoms with E-state index in [9.17, 15) is 12.8 Å². The number of aryl methyl sites for hydroxylation is 2. The van der Waals surface area contributed by atoms with E-state index in [1.807, 2.05) is 32.0 Å². The van der Waals surface area contributed by atoms with Gasteiger partial charge in [0.15, 0.2) is 0 Å². The molecule has 0 aliphatic carbocycles. The van der Waals surface area contributed by atoms with Gasteiger partial charge in [0.2, 0.25) is 20.9 Å². The maximum Gasteiger partial charge on any atom is 0.232 e. The van der Waals surface area contributed by atoms with Gasteiger partial charge in [0.1, 0.15) is 17.8 Å². The molecule has 2 aromatic carbocycles. The van der Waals surface area contributed by atoms with Crippen molar-refractivity contribution >= 4 is 9.84 Å². The first-order valence-electron chi connectivity index (χ1n) is 8.87. The summed E-state index contributed by atoms with van der Waals surface area (Å²) in [6.07, 6.45) is 4.34. The van der Waals surface area contributed by atoms with Gasteiger partial charge >= 0.3 is 0 Å². The summed E-state index contributed by atoms with van der Waals surface area (Å²) in [5.41, 5.74) is 3.35. The van der Waals surface area contributed by atoms with Crippen molar-refractivity contribution in [1.29, 1.82) is 0 Å². The second-order valence-electron chi connectivity index (χ2n) is 6.78. The Bertz CT molecular complexity index is 1290. The molecular weight excluding hydrogens is 393 g/mol. The van der Waals surface area contributed by atoms with Crippen molar-refractivity contribution in [3.05, 3.63) is 83.8 Å². The minimum Gasteiger partial charge on any atom is -0.444 e. The quantitative estimate of drug-likeness (QED) is 0.490. The summed E-state index contributed by atoms with van der Waals surface area (Å²) in [7, 11) is -3.80. The van der Waals surface area contributed by atoms with Gasteiger partial charge in [-0.15, -0.1) is 0 Å². The summed E-state index contributed by atoms with van der Waals surface area (Å²) in [5.74, 6) is -0.647. The molecule has 29 heavy (non-hydrogen) atoms. The van der Waals surface area contributed by atoms with Gasteiger partial charge in [-0.1, -0.05) is 18.2 Å². The van der Waals surface area contributed by atoms with Gasteiger partial charge in [0.05, 0.1) is 11.4 Å². The van der Waals surface area contributed by atoms with Gasteiger partial charge in [-0.05, 0) is 49.2 Å². The van der Waals surface area contributed by atoms with Crippen LogP contribution in [0.1, 0.15) is 16.8 Å². The molecule has 0 aliphatic heterocycles. The van der Waals surface area contributed by atoms with Crippen LogP contribution in [0, 0.1) is 19.7 Å². The molecule has 6 nitrogen and oxygen atoms in total. The lowest BCUT2D eigenvalue weighted by molar-refractivity contribution is 0.569. The van der Waals surface area contributed by atoms with Crippen LogP contribution >= 0.6 is 0 Å². The van der Waals surface area contributed by atoms with Gasteiger partial charge in [-0.2, -0.15) is 0 Å². The second-order valence-corrected chi connectivity index (χ2v) is 8.67. The Labute approximate surface area is 167 Å². The van der Waals surface area contributed by atoms with E-state index in [2.05, 4.69) is 9.97 Å². The van der Waals surface area contributed by atoms with Crippen LogP contribution < -0.4 is 0 Å². The van der Waals surface area contributed by atoms with Crippen molar-refractivity contribution in [2.24, 2.45) is 0 Å². The summed E-state index contributed by atoms with van der Waals surface area (Å²) in [6.45, 7) is 3.85. The van der Waals surface area contributed by atoms with Crippen molar-refractivity contribution in [2.75, 3.05) is 0 Å². The molecule has 2 heterocycles. The molecule has 4 rings (SSSR count). The minimum atomic E-state index is -3.80. The smallest absolute Gasteiger partial charge is 0.232 e. The molecule has 0 saturated carbocycles. The predicted molar refractivity (Wildman–Crippen MR) is 106 cm³/mol. The maximum atomic E-state index is 13.4. The minimum absolute atomic E-state index is 0.0681. The number of sulfone groups is 1. The lowest BCUT2D eigenvalue weighted by Gasteiger charge is -2.11. The Balaban J connectivity index is 1.66. The van der Waals surface area contributed by atoms with Gasteiger partial charge in [-0.3, -0.25) is 4.57 Å². The highest BCUT2D eigenvalue weighted by molar-refractivity contribution is 7.90. The Morgan fingerprint density at radius 1 is 1.14 bits per heavy atom. The van der Waals surface area contributed by atoms with Crippen LogP contribution in [0.25, 0.3) is 17.1 Å². The van der Waals surface area contributed by atoms with Crippen LogP contribution in [-0.2, 0) is 15.6 Å². The van der Waals surface area contributed by atoms with Crippen LogP contribution in [-0.4, -0.2) is 23.0 Å². The topological polar surface area (TPSA) is 78.0 Å². The number of rotatable bonds is 5. The molecule has 0 fully saturated rings. The third-order valence-electron chi connectivity index (χ3n) is 4.47. The average Bonchev–Trinajstić information content (AvgIpc) is 3.33. The number of hydrogen-bond acceptors (Lipinski definition) is 5. The largest absolute Gasteiger partial charge is 0.444 e. The van der Waals surface area contributed by atoms with E-state index < -0.39 is 15.7 Å². The predicted octanol–water partition coefficient (Wildman–Crippen LogP) is 4.26. The van der Waals surface area contributed by atoms with E-state index in [0.29, 0.717) is 5.56 Å². The lowest BCUT2D eigenvalue weighted by atomic mass is 10.1. The highest BCUT2D eigenvalue weighted by Gasteiger charge is 2.24. The number of halogens is 1. The van der Waals surface area contributed by atoms with Crippen molar-refractivity contribution in [2.45, 2.75) is 24.8 Å². The number of oxazole rings is 1. The molecule has 0 spiro atoms. The fraction of sp³-hybridized carbons (Fsp3) is 0.143. The molecule has 148 valence electrons. The van der Waals surface area contributed by atoms with Crippen LogP contribution in [0.2, 0.25) is 0 Å². The normalized spacial score (nSPS) is 11.7. The molecule has 0 saturated heterocycles. The molecule has 0 N–H and O–H groups in total. The highest BCUT2D eigenvalue weighted by Crippen LogP contribution is 2.24. The zero-order valence-electron chi connectivity index (χ0n) is 15.8. The van der Waals surface area contributed by atoms with Gasteiger partial charge in [0.25, 0.3) is 0 Å². The summed E-state index contributed by atoms with van der Waals surface area (Å²) < 4.78 is 46.4. The Morgan fingerprint density at radius 2 is 1.97 bits per heavy atom. The number of hydrogen-bond donors (Lipinski definition) is 0. The molecule has 8 heteroatoms. The third-order valence-corrected chi connectivity index (χ3v) is 6.00. The summed E-state index contributed by atoms with van der Waals surface area (Å²) in [6, 6.07) is 11.6. The van der Waals surface area contributed by atoms with Crippen LogP contribution in [0.3, 0.4) is 0 Å². The van der Waals surface area contributed by atoms with E-state index in [4.69, 9.17) is 4.42 Å². The third kappa shape index (κ3) is 3.84. The zero-order chi connectivity index (χ0) is 20.6. The Kier molecular flexibility index (Phi) is 4.79. The van der Waals surface area contributed by atoms with Crippen molar-refractivity contribution < 1.29 is 17.2 Å². The first-order chi connectivity index (χ1) is 13.8. The molecule has 0 radical (unpaired) electrons. The summed E-state index contributed by atoms with van der Waals surface area (Å²) >= 11 is 0. The number of nitrogens with zero attached hydrogens (tertiary/aromatic N) is 3. The van der Waals surface area contributed by atoms with Crippen LogP contribution in [0.15, 0.2) is 70.7 Å². The average molecular weight is 411 g/mol. The summed E-state index contributed by atoms with van der Waals surface area (Å²) in [4.78, 5) is 8.28. The molecule has 0 atom stereocenters. The first kappa shape index (κ1) is 19.1. The molecular formula is C21H18FN3O3S. The van der Waals surface area contributed by atoms with Crippen molar-refractivity contribution in [3.8, 4) is 17.1 Å². The number of imidazole rings is 1. The zero-order valence-corrected chi connectivity index (χ0v) is 16.6. The van der Waals surface area contributed by atoms with Crippen molar-refractivity contribution in [3.63, 3.8) is 0 Å². The van der Waals surface area contributed by atoms with Crippen LogP contribution in [0.4, 0.5) is 4.39 Å². The lowest BCUT2D eigenvalue weighted by Crippen LogP contribution is -2.12. The maximum absolute atomic E-state index is 13.4. The van der Waals surface area contributed by atoms with Gasteiger partial charge in [-0.25, -0.2) is 22.8 Å². The first-order valence-corrected chi connectivity index (χ1v) is 10.5. The monoisotopic (exact) mass is 411 g/mol. The summed E-state index contributed by atoms with van der Waals surface area (Å²) in [5, 5.41) is -0.0681. The Hall–Kier alpha value is -3.26. The van der Waals surface area contributed by atoms with Crippen LogP contribution in [0.5, 0.6) is 0 Å². The van der Waals surface area contributed by atoms with E-state index in [0.717, 1.165) is 16.8 Å². The molecule has 0 bridgehead atoms. The molecule has 2 aromatic heterocycles. The van der Waals surface area contributed by atoms with Gasteiger partial charge in [0, 0.05) is 18.0 Å². The van der Waals surface area contributed by atoms with Gasteiger partial charge < -0.3 is 4.42 Å². The Morgan fingerprint density at radius 3 is 2.76 bits per heavy atom. The number of benzene rings is 2. The molecule has 0 unspecified atom stereocenters. The molecule has 4 aromatic rings. The SMILES string of the molecule is Cc1ccc(C)c(-n2ccnc2S(=O)(=O)Cc2coc(-c3cccc(F)c3)n2)c1. The molecule has 0 amide bonds. The highest BCUT2D eigenvalue weighted by atomic mass is 32.2. The molecule has 0 aliphatic rings. The number of aromatic nitrogens is 3. The fourth-order valence-electron chi connectivity index (χ4n) is 3.07. The van der Waals surface area contributed by atoms with E-state index in [1.54, 1.807) is 16.8 Å². The van der Waals surface area contributed by atoms with Crippen molar-refractivity contribution in [1.82, 2.24) is 14.5 Å². The standard InChI is InChI=1S/C21H18FN3O3S/c1-14-6-7-15(2)19(10-14)25-9-8-23-21(25)29(26,27)13-18-12-28-20(24-18)16-4-3-5-17(22)11-16/h3-12H,13H2,1-2H3. The van der Waals surface area contributed by atoms with E-state index >= 15 is 0 Å². The van der Waals surface area contributed by atoms with E-state index in [-0.39, 0.29) is 22.5 Å². The fourth-order valence-corrected chi connectivity index (χ4v) is 4.40. The second kappa shape index (κ2) is 7.29.